The zero-order chi connectivity index (χ0) is 15.8. The highest BCUT2D eigenvalue weighted by atomic mass is 35.5. The number of halogens is 2. The number of hydrogen-bond acceptors (Lipinski definition) is 5. The van der Waals surface area contributed by atoms with Crippen molar-refractivity contribution in [2.24, 2.45) is 0 Å². The van der Waals surface area contributed by atoms with Gasteiger partial charge in [-0.25, -0.2) is 13.4 Å². The van der Waals surface area contributed by atoms with Crippen molar-refractivity contribution in [2.75, 3.05) is 11.6 Å². The third kappa shape index (κ3) is 3.55. The minimum Gasteiger partial charge on any atom is -0.298 e. The molecule has 0 radical (unpaired) electrons. The van der Waals surface area contributed by atoms with E-state index in [1.165, 1.54) is 12.3 Å². The Kier molecular flexibility index (Phi) is 4.57. The molecule has 0 unspecified atom stereocenters. The monoisotopic (exact) mass is 364 g/mol. The fourth-order valence-corrected chi connectivity index (χ4v) is 3.58. The van der Waals surface area contributed by atoms with Crippen molar-refractivity contribution < 1.29 is 13.2 Å². The van der Waals surface area contributed by atoms with Gasteiger partial charge in [-0.3, -0.25) is 10.1 Å². The van der Waals surface area contributed by atoms with E-state index < -0.39 is 15.7 Å². The summed E-state index contributed by atoms with van der Waals surface area (Å²) in [7, 11) is -3.34. The van der Waals surface area contributed by atoms with Gasteiger partial charge in [0.1, 0.15) is 4.21 Å². The Morgan fingerprint density at radius 1 is 1.33 bits per heavy atom. The molecule has 0 saturated heterocycles. The summed E-state index contributed by atoms with van der Waals surface area (Å²) in [6.45, 7) is 1.70. The summed E-state index contributed by atoms with van der Waals surface area (Å²) in [4.78, 5) is 16.0. The number of carbonyl (C=O) groups excluding carboxylic acids is 1. The zero-order valence-corrected chi connectivity index (χ0v) is 14.1. The summed E-state index contributed by atoms with van der Waals surface area (Å²) in [6, 6.07) is 3.07. The van der Waals surface area contributed by atoms with Crippen LogP contribution >= 0.6 is 34.5 Å². The first kappa shape index (κ1) is 16.2. The highest BCUT2D eigenvalue weighted by Crippen LogP contribution is 2.29. The molecule has 5 nitrogen and oxygen atoms in total. The van der Waals surface area contributed by atoms with Crippen molar-refractivity contribution >= 4 is 55.4 Å². The zero-order valence-electron chi connectivity index (χ0n) is 11.0. The van der Waals surface area contributed by atoms with Gasteiger partial charge >= 0.3 is 0 Å². The van der Waals surface area contributed by atoms with Crippen molar-refractivity contribution in [3.63, 3.8) is 0 Å². The lowest BCUT2D eigenvalue weighted by atomic mass is 10.1. The number of sulfone groups is 1. The molecule has 112 valence electrons. The number of nitrogens with one attached hydrogen (secondary N) is 1. The summed E-state index contributed by atoms with van der Waals surface area (Å²) in [5.41, 5.74) is 0.844. The second kappa shape index (κ2) is 5.92. The molecule has 1 heterocycles. The molecule has 0 aliphatic heterocycles. The van der Waals surface area contributed by atoms with Crippen molar-refractivity contribution in [3.8, 4) is 0 Å². The third-order valence-electron chi connectivity index (χ3n) is 2.64. The maximum absolute atomic E-state index is 12.1. The first-order chi connectivity index (χ1) is 9.70. The summed E-state index contributed by atoms with van der Waals surface area (Å²) < 4.78 is 22.8. The molecule has 9 heteroatoms. The summed E-state index contributed by atoms with van der Waals surface area (Å²) >= 11 is 12.9. The molecule has 1 aromatic heterocycles. The van der Waals surface area contributed by atoms with Crippen LogP contribution in [-0.4, -0.2) is 25.6 Å². The number of anilines is 1. The van der Waals surface area contributed by atoms with Crippen LogP contribution in [0.2, 0.25) is 10.0 Å². The van der Waals surface area contributed by atoms with Crippen molar-refractivity contribution in [2.45, 2.75) is 11.1 Å². The molecule has 1 amide bonds. The number of nitrogens with zero attached hydrogens (tertiary/aromatic N) is 1. The molecule has 21 heavy (non-hydrogen) atoms. The number of rotatable bonds is 3. The van der Waals surface area contributed by atoms with E-state index in [9.17, 15) is 13.2 Å². The molecule has 1 N–H and O–H groups in total. The van der Waals surface area contributed by atoms with Crippen LogP contribution in [0.3, 0.4) is 0 Å². The lowest BCUT2D eigenvalue weighted by Crippen LogP contribution is -2.12. The van der Waals surface area contributed by atoms with Gasteiger partial charge in [0.2, 0.25) is 0 Å². The fourth-order valence-electron chi connectivity index (χ4n) is 1.49. The molecular weight excluding hydrogens is 355 g/mol. The molecule has 2 aromatic rings. The molecule has 0 bridgehead atoms. The number of amides is 1. The Hall–Kier alpha value is -1.15. The predicted octanol–water partition coefficient (Wildman–Crippen LogP) is 3.41. The maximum atomic E-state index is 12.1. The van der Waals surface area contributed by atoms with Gasteiger partial charge in [-0.15, -0.1) is 0 Å². The molecule has 0 spiro atoms. The topological polar surface area (TPSA) is 76.1 Å². The van der Waals surface area contributed by atoms with Crippen LogP contribution in [-0.2, 0) is 9.84 Å². The van der Waals surface area contributed by atoms with Gasteiger partial charge in [0.05, 0.1) is 16.8 Å². The van der Waals surface area contributed by atoms with Gasteiger partial charge in [0.25, 0.3) is 5.91 Å². The Morgan fingerprint density at radius 3 is 2.57 bits per heavy atom. The number of aromatic nitrogens is 1. The van der Waals surface area contributed by atoms with E-state index >= 15 is 0 Å². The molecule has 0 aliphatic rings. The summed E-state index contributed by atoms with van der Waals surface area (Å²) in [5, 5.41) is 3.41. The van der Waals surface area contributed by atoms with Crippen LogP contribution in [0.1, 0.15) is 15.9 Å². The van der Waals surface area contributed by atoms with Gasteiger partial charge in [-0.1, -0.05) is 34.5 Å². The quantitative estimate of drug-likeness (QED) is 0.904. The first-order valence-corrected chi connectivity index (χ1v) is 9.08. The molecule has 0 aliphatic carbocycles. The van der Waals surface area contributed by atoms with Crippen LogP contribution in [0.15, 0.2) is 22.5 Å². The maximum Gasteiger partial charge on any atom is 0.258 e. The number of hydrogen-bond donors (Lipinski definition) is 1. The molecule has 1 aromatic carbocycles. The van der Waals surface area contributed by atoms with E-state index in [1.807, 2.05) is 0 Å². The van der Waals surface area contributed by atoms with Gasteiger partial charge < -0.3 is 0 Å². The lowest BCUT2D eigenvalue weighted by Gasteiger charge is -2.07. The van der Waals surface area contributed by atoms with Crippen molar-refractivity contribution in [3.05, 3.63) is 39.5 Å². The Balaban J connectivity index is 2.27. The standard InChI is InChI=1S/C12H10Cl2N2O3S2/c1-6-8(13)4-3-7(10(6)14)11(17)16-12-15-5-9(20-12)21(2,18)19/h3-5H,1-2H3,(H,15,16,17). The van der Waals surface area contributed by atoms with Crippen LogP contribution in [0, 0.1) is 6.92 Å². The van der Waals surface area contributed by atoms with E-state index in [0.717, 1.165) is 17.6 Å². The van der Waals surface area contributed by atoms with Crippen molar-refractivity contribution in [1.82, 2.24) is 4.98 Å². The van der Waals surface area contributed by atoms with Crippen LogP contribution in [0.25, 0.3) is 0 Å². The Labute approximate surface area is 135 Å². The lowest BCUT2D eigenvalue weighted by molar-refractivity contribution is 0.102. The second-order valence-corrected chi connectivity index (χ2v) is 8.30. The minimum atomic E-state index is -3.34. The van der Waals surface area contributed by atoms with Crippen LogP contribution < -0.4 is 5.32 Å². The smallest absolute Gasteiger partial charge is 0.258 e. The summed E-state index contributed by atoms with van der Waals surface area (Å²) in [6.07, 6.45) is 2.27. The minimum absolute atomic E-state index is 0.0798. The van der Waals surface area contributed by atoms with E-state index in [2.05, 4.69) is 10.3 Å². The highest BCUT2D eigenvalue weighted by molar-refractivity contribution is 7.92. The SMILES string of the molecule is Cc1c(Cl)ccc(C(=O)Nc2ncc(S(C)(=O)=O)s2)c1Cl. The van der Waals surface area contributed by atoms with Crippen LogP contribution in [0.5, 0.6) is 0 Å². The molecule has 2 rings (SSSR count). The highest BCUT2D eigenvalue weighted by Gasteiger charge is 2.17. The van der Waals surface area contributed by atoms with Gasteiger partial charge in [0, 0.05) is 11.3 Å². The molecular formula is C12H10Cl2N2O3S2. The fraction of sp³-hybridized carbons (Fsp3) is 0.167. The van der Waals surface area contributed by atoms with Gasteiger partial charge in [0.15, 0.2) is 15.0 Å². The van der Waals surface area contributed by atoms with Gasteiger partial charge in [-0.2, -0.15) is 0 Å². The second-order valence-electron chi connectivity index (χ2n) is 4.24. The van der Waals surface area contributed by atoms with E-state index in [1.54, 1.807) is 13.0 Å². The van der Waals surface area contributed by atoms with Crippen molar-refractivity contribution in [1.29, 1.82) is 0 Å². The van der Waals surface area contributed by atoms with Gasteiger partial charge in [-0.05, 0) is 24.6 Å². The van der Waals surface area contributed by atoms with Crippen LogP contribution in [0.4, 0.5) is 5.13 Å². The predicted molar refractivity (Wildman–Crippen MR) is 84.4 cm³/mol. The average molecular weight is 365 g/mol. The first-order valence-electron chi connectivity index (χ1n) is 5.62. The number of benzene rings is 1. The average Bonchev–Trinajstić information content (AvgIpc) is 2.84. The van der Waals surface area contributed by atoms with E-state index in [-0.39, 0.29) is 19.9 Å². The third-order valence-corrected chi connectivity index (χ3v) is 6.23. The Bertz CT molecular complexity index is 816. The molecule has 0 saturated carbocycles. The molecule has 0 fully saturated rings. The molecule has 0 atom stereocenters. The Morgan fingerprint density at radius 2 is 2.00 bits per heavy atom. The number of thiazole rings is 1. The normalized spacial score (nSPS) is 11.4. The van der Waals surface area contributed by atoms with E-state index in [0.29, 0.717) is 10.6 Å². The number of carbonyl (C=O) groups is 1. The van der Waals surface area contributed by atoms with E-state index in [4.69, 9.17) is 23.2 Å². The largest absolute Gasteiger partial charge is 0.298 e. The summed E-state index contributed by atoms with van der Waals surface area (Å²) in [5.74, 6) is -0.478.